The molecular weight excluding hydrogens is 446 g/mol. The summed E-state index contributed by atoms with van der Waals surface area (Å²) in [4.78, 5) is 28.3. The topological polar surface area (TPSA) is 106 Å². The minimum atomic E-state index is -1.18. The predicted octanol–water partition coefficient (Wildman–Crippen LogP) is 3.92. The molecule has 1 amide bonds. The average Bonchev–Trinajstić information content (AvgIpc) is 3.55. The highest BCUT2D eigenvalue weighted by molar-refractivity contribution is 6.30. The summed E-state index contributed by atoms with van der Waals surface area (Å²) in [5.41, 5.74) is 3.89. The van der Waals surface area contributed by atoms with Gasteiger partial charge in [-0.2, -0.15) is 0 Å². The molecule has 0 fully saturated rings. The number of nitrogens with zero attached hydrogens (tertiary/aromatic N) is 1. The third kappa shape index (κ3) is 3.00. The van der Waals surface area contributed by atoms with Crippen molar-refractivity contribution >= 4 is 55.5 Å². The Balaban J connectivity index is 1.75. The van der Waals surface area contributed by atoms with Crippen LogP contribution in [0, 0.1) is 0 Å². The maximum Gasteiger partial charge on any atom is 0.307 e. The summed E-state index contributed by atoms with van der Waals surface area (Å²) in [5, 5.41) is 17.4. The zero-order valence-electron chi connectivity index (χ0n) is 19.5. The highest BCUT2D eigenvalue weighted by Crippen LogP contribution is 2.45. The Bertz CT molecular complexity index is 1660. The molecule has 3 heterocycles. The van der Waals surface area contributed by atoms with Gasteiger partial charge in [-0.05, 0) is 24.6 Å². The smallest absolute Gasteiger partial charge is 0.307 e. The Morgan fingerprint density at radius 2 is 1.86 bits per heavy atom. The number of benzene rings is 3. The fraction of sp³-hybridized carbons (Fsp3) is 0.259. The molecule has 1 aliphatic rings. The van der Waals surface area contributed by atoms with Crippen LogP contribution in [0.1, 0.15) is 29.3 Å². The number of rotatable bonds is 6. The summed E-state index contributed by atoms with van der Waals surface area (Å²) < 4.78 is 12.9. The summed E-state index contributed by atoms with van der Waals surface area (Å²) >= 11 is 0. The summed E-state index contributed by atoms with van der Waals surface area (Å²) in [7, 11) is 1.34. The van der Waals surface area contributed by atoms with E-state index in [9.17, 15) is 14.7 Å². The van der Waals surface area contributed by atoms with E-state index in [1.54, 1.807) is 6.92 Å². The molecule has 178 valence electrons. The van der Waals surface area contributed by atoms with Gasteiger partial charge >= 0.3 is 5.97 Å². The van der Waals surface area contributed by atoms with Gasteiger partial charge in [-0.15, -0.1) is 0 Å². The van der Waals surface area contributed by atoms with E-state index in [4.69, 9.17) is 9.47 Å². The van der Waals surface area contributed by atoms with Gasteiger partial charge in [-0.3, -0.25) is 9.59 Å². The molecule has 0 radical (unpaired) electrons. The number of methoxy groups -OCH3 is 1. The summed E-state index contributed by atoms with van der Waals surface area (Å²) in [6, 6.07) is 15.8. The fourth-order valence-corrected chi connectivity index (χ4v) is 5.45. The molecule has 0 spiro atoms. The maximum atomic E-state index is 13.1. The molecular formula is C27H25N3O5. The van der Waals surface area contributed by atoms with Crippen LogP contribution in [-0.4, -0.2) is 46.9 Å². The monoisotopic (exact) mass is 471 g/mol. The van der Waals surface area contributed by atoms with Gasteiger partial charge in [-0.1, -0.05) is 36.4 Å². The van der Waals surface area contributed by atoms with Gasteiger partial charge in [-0.25, -0.2) is 0 Å². The first kappa shape index (κ1) is 21.6. The SMILES string of the molecule is COC(=O)CCO[C@](C)(CO)n1c2ccccc2c2c3c(c4c5ccccc5[nH]c4c21)C(=O)NC3. The van der Waals surface area contributed by atoms with Gasteiger partial charge in [0.2, 0.25) is 0 Å². The van der Waals surface area contributed by atoms with E-state index in [0.29, 0.717) is 12.1 Å². The first-order valence-electron chi connectivity index (χ1n) is 11.6. The molecule has 0 aliphatic carbocycles. The number of ether oxygens (including phenoxy) is 2. The zero-order valence-corrected chi connectivity index (χ0v) is 19.5. The van der Waals surface area contributed by atoms with Crippen LogP contribution < -0.4 is 5.32 Å². The summed E-state index contributed by atoms with van der Waals surface area (Å²) in [5.74, 6) is -0.472. The van der Waals surface area contributed by atoms with Crippen LogP contribution in [-0.2, 0) is 26.5 Å². The third-order valence-electron chi connectivity index (χ3n) is 7.04. The molecule has 0 saturated heterocycles. The highest BCUT2D eigenvalue weighted by atomic mass is 16.5. The van der Waals surface area contributed by atoms with Gasteiger partial charge in [0.15, 0.2) is 5.72 Å². The van der Waals surface area contributed by atoms with Crippen molar-refractivity contribution in [2.75, 3.05) is 20.3 Å². The number of aromatic amines is 1. The molecule has 8 nitrogen and oxygen atoms in total. The van der Waals surface area contributed by atoms with Crippen LogP contribution in [0.4, 0.5) is 0 Å². The summed E-state index contributed by atoms with van der Waals surface area (Å²) in [6.07, 6.45) is 0.0683. The molecule has 1 atom stereocenters. The van der Waals surface area contributed by atoms with Crippen molar-refractivity contribution in [2.24, 2.45) is 0 Å². The largest absolute Gasteiger partial charge is 0.469 e. The maximum absolute atomic E-state index is 13.1. The van der Waals surface area contributed by atoms with Gasteiger partial charge in [0.25, 0.3) is 5.91 Å². The molecule has 2 aromatic heterocycles. The van der Waals surface area contributed by atoms with Crippen molar-refractivity contribution in [3.05, 3.63) is 59.7 Å². The molecule has 1 aliphatic heterocycles. The number of aromatic nitrogens is 2. The molecule has 6 rings (SSSR count). The van der Waals surface area contributed by atoms with E-state index in [2.05, 4.69) is 10.3 Å². The van der Waals surface area contributed by atoms with E-state index in [1.807, 2.05) is 53.1 Å². The lowest BCUT2D eigenvalue weighted by atomic mass is 9.97. The Hall–Kier alpha value is -3.88. The first-order valence-corrected chi connectivity index (χ1v) is 11.6. The molecule has 3 aromatic carbocycles. The Labute approximate surface area is 200 Å². The molecule has 0 bridgehead atoms. The molecule has 0 saturated carbocycles. The number of amides is 1. The van der Waals surface area contributed by atoms with E-state index in [-0.39, 0.29) is 31.5 Å². The van der Waals surface area contributed by atoms with Gasteiger partial charge in [0, 0.05) is 33.6 Å². The van der Waals surface area contributed by atoms with Crippen LogP contribution in [0.15, 0.2) is 48.5 Å². The van der Waals surface area contributed by atoms with Gasteiger partial charge < -0.3 is 29.4 Å². The van der Waals surface area contributed by atoms with Crippen LogP contribution in [0.3, 0.4) is 0 Å². The number of esters is 1. The van der Waals surface area contributed by atoms with Crippen molar-refractivity contribution in [2.45, 2.75) is 25.6 Å². The standard InChI is InChI=1S/C27H25N3O5/c1-27(14-31,35-12-11-20(32)34-2)30-19-10-6-4-8-16(19)21-17-13-28-26(33)23(17)22-15-7-3-5-9-18(15)29-24(22)25(21)30/h3-10,29,31H,11-14H2,1-2H3,(H,28,33)/t27-/m1/s1. The first-order chi connectivity index (χ1) is 17.0. The fourth-order valence-electron chi connectivity index (χ4n) is 5.45. The van der Waals surface area contributed by atoms with Crippen LogP contribution >= 0.6 is 0 Å². The van der Waals surface area contributed by atoms with Crippen LogP contribution in [0.25, 0.3) is 43.6 Å². The summed E-state index contributed by atoms with van der Waals surface area (Å²) in [6.45, 7) is 1.99. The molecule has 3 N–H and O–H groups in total. The average molecular weight is 472 g/mol. The van der Waals surface area contributed by atoms with E-state index < -0.39 is 5.72 Å². The quantitative estimate of drug-likeness (QED) is 0.326. The van der Waals surface area contributed by atoms with E-state index in [1.165, 1.54) is 7.11 Å². The zero-order chi connectivity index (χ0) is 24.3. The van der Waals surface area contributed by atoms with Crippen molar-refractivity contribution in [3.63, 3.8) is 0 Å². The molecule has 0 unspecified atom stereocenters. The lowest BCUT2D eigenvalue weighted by Gasteiger charge is -2.31. The highest BCUT2D eigenvalue weighted by Gasteiger charge is 2.36. The number of nitrogens with one attached hydrogen (secondary N) is 2. The number of H-pyrrole nitrogens is 1. The number of carbonyl (C=O) groups is 2. The minimum absolute atomic E-state index is 0.0683. The van der Waals surface area contributed by atoms with E-state index >= 15 is 0 Å². The number of fused-ring (bicyclic) bond motifs is 10. The number of para-hydroxylation sites is 2. The van der Waals surface area contributed by atoms with Crippen molar-refractivity contribution in [1.29, 1.82) is 0 Å². The van der Waals surface area contributed by atoms with Gasteiger partial charge in [0.05, 0.1) is 48.9 Å². The number of carbonyl (C=O) groups excluding carboxylic acids is 2. The van der Waals surface area contributed by atoms with Crippen LogP contribution in [0.5, 0.6) is 0 Å². The minimum Gasteiger partial charge on any atom is -0.469 e. The lowest BCUT2D eigenvalue weighted by molar-refractivity contribution is -0.149. The normalized spacial score (nSPS) is 15.1. The second-order valence-corrected chi connectivity index (χ2v) is 9.04. The van der Waals surface area contributed by atoms with Crippen molar-refractivity contribution < 1.29 is 24.2 Å². The molecule has 8 heteroatoms. The third-order valence-corrected chi connectivity index (χ3v) is 7.04. The van der Waals surface area contributed by atoms with Crippen molar-refractivity contribution in [1.82, 2.24) is 14.9 Å². The Morgan fingerprint density at radius 1 is 1.11 bits per heavy atom. The van der Waals surface area contributed by atoms with Gasteiger partial charge in [0.1, 0.15) is 0 Å². The van der Waals surface area contributed by atoms with Crippen LogP contribution in [0.2, 0.25) is 0 Å². The number of hydrogen-bond acceptors (Lipinski definition) is 5. The lowest BCUT2D eigenvalue weighted by Crippen LogP contribution is -2.38. The Morgan fingerprint density at radius 3 is 2.63 bits per heavy atom. The second-order valence-electron chi connectivity index (χ2n) is 9.04. The van der Waals surface area contributed by atoms with Crippen molar-refractivity contribution in [3.8, 4) is 0 Å². The Kier molecular flexibility index (Phi) is 4.84. The molecule has 35 heavy (non-hydrogen) atoms. The number of aliphatic hydroxyl groups is 1. The number of hydrogen-bond donors (Lipinski definition) is 3. The predicted molar refractivity (Wildman–Crippen MR) is 133 cm³/mol. The molecule has 5 aromatic rings. The van der Waals surface area contributed by atoms with E-state index in [0.717, 1.165) is 49.2 Å². The second kappa shape index (κ2) is 7.83. The number of aliphatic hydroxyl groups excluding tert-OH is 1.